The van der Waals surface area contributed by atoms with Crippen molar-refractivity contribution in [1.82, 2.24) is 9.97 Å². The highest BCUT2D eigenvalue weighted by atomic mass is 32.1. The van der Waals surface area contributed by atoms with Crippen LogP contribution in [0.2, 0.25) is 0 Å². The third-order valence-electron chi connectivity index (χ3n) is 4.03. The van der Waals surface area contributed by atoms with Crippen LogP contribution in [0.5, 0.6) is 11.5 Å². The first-order valence-electron chi connectivity index (χ1n) is 8.50. The summed E-state index contributed by atoms with van der Waals surface area (Å²) in [5, 5.41) is 3.47. The fourth-order valence-electron chi connectivity index (χ4n) is 2.66. The van der Waals surface area contributed by atoms with E-state index in [9.17, 15) is 4.79 Å². The van der Waals surface area contributed by atoms with Crippen molar-refractivity contribution in [1.29, 1.82) is 0 Å². The maximum Gasteiger partial charge on any atom is 0.226 e. The molecule has 27 heavy (non-hydrogen) atoms. The molecule has 0 atom stereocenters. The number of nitrogens with one attached hydrogen (secondary N) is 1. The van der Waals surface area contributed by atoms with Crippen LogP contribution in [0.15, 0.2) is 42.6 Å². The SMILES string of the molecule is COc1ccc(CCC(=O)Nc2nc(C)c(-c3ccccn3)s2)cc1OC. The minimum absolute atomic E-state index is 0.0777. The van der Waals surface area contributed by atoms with Gasteiger partial charge in [-0.1, -0.05) is 23.5 Å². The number of aryl methyl sites for hydroxylation is 2. The third kappa shape index (κ3) is 4.62. The van der Waals surface area contributed by atoms with E-state index in [-0.39, 0.29) is 5.91 Å². The zero-order valence-electron chi connectivity index (χ0n) is 15.5. The number of carbonyl (C=O) groups is 1. The van der Waals surface area contributed by atoms with Crippen molar-refractivity contribution in [3.05, 3.63) is 53.9 Å². The molecule has 1 amide bonds. The van der Waals surface area contributed by atoms with Crippen molar-refractivity contribution in [2.75, 3.05) is 19.5 Å². The fourth-order valence-corrected chi connectivity index (χ4v) is 3.62. The van der Waals surface area contributed by atoms with Crippen LogP contribution in [0.3, 0.4) is 0 Å². The van der Waals surface area contributed by atoms with E-state index in [2.05, 4.69) is 15.3 Å². The number of hydrogen-bond acceptors (Lipinski definition) is 6. The molecule has 140 valence electrons. The van der Waals surface area contributed by atoms with Crippen molar-refractivity contribution >= 4 is 22.4 Å². The van der Waals surface area contributed by atoms with Gasteiger partial charge >= 0.3 is 0 Å². The summed E-state index contributed by atoms with van der Waals surface area (Å²) in [6, 6.07) is 11.4. The van der Waals surface area contributed by atoms with Gasteiger partial charge < -0.3 is 14.8 Å². The molecule has 1 N–H and O–H groups in total. The number of thiazole rings is 1. The number of amides is 1. The van der Waals surface area contributed by atoms with Crippen LogP contribution in [0.25, 0.3) is 10.6 Å². The molecule has 1 aromatic carbocycles. The van der Waals surface area contributed by atoms with Crippen LogP contribution in [-0.4, -0.2) is 30.1 Å². The number of methoxy groups -OCH3 is 2. The Labute approximate surface area is 162 Å². The molecule has 2 heterocycles. The van der Waals surface area contributed by atoms with Crippen molar-refractivity contribution in [2.24, 2.45) is 0 Å². The average Bonchev–Trinajstić information content (AvgIpc) is 3.06. The van der Waals surface area contributed by atoms with Crippen molar-refractivity contribution in [3.63, 3.8) is 0 Å². The Hall–Kier alpha value is -2.93. The molecule has 0 spiro atoms. The molecular formula is C20H21N3O3S. The average molecular weight is 383 g/mol. The van der Waals surface area contributed by atoms with Gasteiger partial charge in [0.25, 0.3) is 0 Å². The molecule has 0 aliphatic rings. The second kappa shape index (κ2) is 8.64. The second-order valence-electron chi connectivity index (χ2n) is 5.89. The minimum Gasteiger partial charge on any atom is -0.493 e. The summed E-state index contributed by atoms with van der Waals surface area (Å²) in [5.41, 5.74) is 2.72. The lowest BCUT2D eigenvalue weighted by Crippen LogP contribution is -2.12. The van der Waals surface area contributed by atoms with Crippen LogP contribution in [0, 0.1) is 6.92 Å². The summed E-state index contributed by atoms with van der Waals surface area (Å²) in [4.78, 5) is 22.1. The normalized spacial score (nSPS) is 10.5. The largest absolute Gasteiger partial charge is 0.493 e. The Balaban J connectivity index is 1.62. The van der Waals surface area contributed by atoms with Gasteiger partial charge in [0, 0.05) is 12.6 Å². The van der Waals surface area contributed by atoms with Crippen LogP contribution >= 0.6 is 11.3 Å². The topological polar surface area (TPSA) is 73.3 Å². The molecule has 0 aliphatic heterocycles. The molecule has 0 radical (unpaired) electrons. The zero-order valence-corrected chi connectivity index (χ0v) is 16.3. The molecule has 0 bridgehead atoms. The van der Waals surface area contributed by atoms with Gasteiger partial charge in [-0.25, -0.2) is 4.98 Å². The van der Waals surface area contributed by atoms with Gasteiger partial charge in [-0.15, -0.1) is 0 Å². The zero-order chi connectivity index (χ0) is 19.2. The smallest absolute Gasteiger partial charge is 0.226 e. The highest BCUT2D eigenvalue weighted by Crippen LogP contribution is 2.31. The van der Waals surface area contributed by atoms with Gasteiger partial charge in [0.05, 0.1) is 30.5 Å². The summed E-state index contributed by atoms with van der Waals surface area (Å²) < 4.78 is 10.5. The van der Waals surface area contributed by atoms with Crippen LogP contribution in [0.1, 0.15) is 17.7 Å². The van der Waals surface area contributed by atoms with Crippen molar-refractivity contribution in [2.45, 2.75) is 19.8 Å². The van der Waals surface area contributed by atoms with Gasteiger partial charge in [0.1, 0.15) is 0 Å². The number of anilines is 1. The van der Waals surface area contributed by atoms with Gasteiger partial charge in [0.15, 0.2) is 16.6 Å². The lowest BCUT2D eigenvalue weighted by molar-refractivity contribution is -0.116. The van der Waals surface area contributed by atoms with Crippen LogP contribution < -0.4 is 14.8 Å². The quantitative estimate of drug-likeness (QED) is 0.665. The predicted molar refractivity (Wildman–Crippen MR) is 107 cm³/mol. The molecule has 6 nitrogen and oxygen atoms in total. The van der Waals surface area contributed by atoms with E-state index in [1.807, 2.05) is 43.3 Å². The lowest BCUT2D eigenvalue weighted by Gasteiger charge is -2.09. The van der Waals surface area contributed by atoms with Gasteiger partial charge in [-0.05, 0) is 43.2 Å². The molecule has 7 heteroatoms. The Morgan fingerprint density at radius 1 is 1.15 bits per heavy atom. The van der Waals surface area contributed by atoms with E-state index in [4.69, 9.17) is 9.47 Å². The molecule has 2 aromatic heterocycles. The third-order valence-corrected chi connectivity index (χ3v) is 5.12. The van der Waals surface area contributed by atoms with E-state index in [0.29, 0.717) is 29.5 Å². The number of pyridine rings is 1. The summed E-state index contributed by atoms with van der Waals surface area (Å²) in [7, 11) is 3.19. The molecule has 0 aliphatic carbocycles. The second-order valence-corrected chi connectivity index (χ2v) is 6.89. The first kappa shape index (κ1) is 18.8. The van der Waals surface area contributed by atoms with Crippen molar-refractivity contribution in [3.8, 4) is 22.1 Å². The molecule has 0 fully saturated rings. The number of carbonyl (C=O) groups excluding carboxylic acids is 1. The Morgan fingerprint density at radius 2 is 1.96 bits per heavy atom. The van der Waals surface area contributed by atoms with Crippen LogP contribution in [-0.2, 0) is 11.2 Å². The Morgan fingerprint density at radius 3 is 2.67 bits per heavy atom. The van der Waals surface area contributed by atoms with Crippen molar-refractivity contribution < 1.29 is 14.3 Å². The number of hydrogen-bond donors (Lipinski definition) is 1. The fraction of sp³-hybridized carbons (Fsp3) is 0.250. The first-order chi connectivity index (χ1) is 13.1. The predicted octanol–water partition coefficient (Wildman–Crippen LogP) is 4.10. The lowest BCUT2D eigenvalue weighted by atomic mass is 10.1. The molecular weight excluding hydrogens is 362 g/mol. The van der Waals surface area contributed by atoms with E-state index < -0.39 is 0 Å². The molecule has 3 rings (SSSR count). The van der Waals surface area contributed by atoms with Gasteiger partial charge in [-0.3, -0.25) is 9.78 Å². The van der Waals surface area contributed by atoms with Gasteiger partial charge in [0.2, 0.25) is 5.91 Å². The molecule has 0 unspecified atom stereocenters. The summed E-state index contributed by atoms with van der Waals surface area (Å²) in [6.07, 6.45) is 2.70. The Bertz CT molecular complexity index is 925. The standard InChI is InChI=1S/C20H21N3O3S/c1-13-19(15-6-4-5-11-21-15)27-20(22-13)23-18(24)10-8-14-7-9-16(25-2)17(12-14)26-3/h4-7,9,11-12H,8,10H2,1-3H3,(H,22,23,24). The highest BCUT2D eigenvalue weighted by Gasteiger charge is 2.13. The Kier molecular flexibility index (Phi) is 6.03. The molecule has 0 saturated heterocycles. The van der Waals surface area contributed by atoms with E-state index in [0.717, 1.165) is 21.8 Å². The number of aromatic nitrogens is 2. The number of ether oxygens (including phenoxy) is 2. The van der Waals surface area contributed by atoms with E-state index in [1.54, 1.807) is 20.4 Å². The first-order valence-corrected chi connectivity index (χ1v) is 9.32. The van der Waals surface area contributed by atoms with Crippen LogP contribution in [0.4, 0.5) is 5.13 Å². The molecule has 3 aromatic rings. The maximum atomic E-state index is 12.3. The number of nitrogens with zero attached hydrogens (tertiary/aromatic N) is 2. The van der Waals surface area contributed by atoms with E-state index in [1.165, 1.54) is 11.3 Å². The summed E-state index contributed by atoms with van der Waals surface area (Å²) >= 11 is 1.43. The monoisotopic (exact) mass is 383 g/mol. The summed E-state index contributed by atoms with van der Waals surface area (Å²) in [5.74, 6) is 1.25. The van der Waals surface area contributed by atoms with Gasteiger partial charge in [-0.2, -0.15) is 0 Å². The number of benzene rings is 1. The highest BCUT2D eigenvalue weighted by molar-refractivity contribution is 7.19. The summed E-state index contributed by atoms with van der Waals surface area (Å²) in [6.45, 7) is 1.92. The number of rotatable bonds is 7. The molecule has 0 saturated carbocycles. The minimum atomic E-state index is -0.0777. The van der Waals surface area contributed by atoms with E-state index >= 15 is 0 Å². The maximum absolute atomic E-state index is 12.3.